The summed E-state index contributed by atoms with van der Waals surface area (Å²) in [6.07, 6.45) is 5.20. The molecule has 0 spiro atoms. The fraction of sp³-hybridized carbons (Fsp3) is 0.0909. The Kier molecular flexibility index (Phi) is 7.04. The van der Waals surface area contributed by atoms with Gasteiger partial charge in [-0.05, 0) is 52.9 Å². The summed E-state index contributed by atoms with van der Waals surface area (Å²) in [7, 11) is 0. The molecule has 0 N–H and O–H groups in total. The van der Waals surface area contributed by atoms with E-state index in [0.717, 1.165) is 27.8 Å². The molecule has 0 aliphatic carbocycles. The third-order valence-corrected chi connectivity index (χ3v) is 7.77. The zero-order chi connectivity index (χ0) is 27.5. The van der Waals surface area contributed by atoms with Gasteiger partial charge in [0, 0.05) is 12.4 Å². The summed E-state index contributed by atoms with van der Waals surface area (Å²) in [5.74, 6) is -0.495. The van der Waals surface area contributed by atoms with E-state index in [-0.39, 0.29) is 12.2 Å². The predicted molar refractivity (Wildman–Crippen MR) is 156 cm³/mol. The molecule has 1 aliphatic heterocycles. The molecule has 196 valence electrons. The maximum absolute atomic E-state index is 13.8. The third kappa shape index (κ3) is 5.07. The van der Waals surface area contributed by atoms with Crippen LogP contribution in [-0.2, 0) is 16.1 Å². The first-order valence-corrected chi connectivity index (χ1v) is 13.7. The van der Waals surface area contributed by atoms with E-state index < -0.39 is 12.0 Å². The molecule has 7 heteroatoms. The molecular formula is C33H25N3O3S. The van der Waals surface area contributed by atoms with E-state index in [0.29, 0.717) is 20.6 Å². The number of pyridine rings is 1. The van der Waals surface area contributed by atoms with Gasteiger partial charge in [-0.3, -0.25) is 14.3 Å². The number of fused-ring (bicyclic) bond motifs is 1. The Morgan fingerprint density at radius 2 is 1.55 bits per heavy atom. The second-order valence-electron chi connectivity index (χ2n) is 9.41. The highest BCUT2D eigenvalue weighted by molar-refractivity contribution is 7.07. The summed E-state index contributed by atoms with van der Waals surface area (Å²) < 4.78 is 7.90. The minimum Gasteiger partial charge on any atom is -0.457 e. The molecule has 0 amide bonds. The average molecular weight is 544 g/mol. The number of ether oxygens (including phenoxy) is 1. The van der Waals surface area contributed by atoms with Gasteiger partial charge in [0.1, 0.15) is 6.61 Å². The van der Waals surface area contributed by atoms with Crippen molar-refractivity contribution in [3.05, 3.63) is 157 Å². The fourth-order valence-corrected chi connectivity index (χ4v) is 5.85. The molecule has 0 bridgehead atoms. The summed E-state index contributed by atoms with van der Waals surface area (Å²) >= 11 is 1.30. The van der Waals surface area contributed by atoms with Crippen LogP contribution in [0, 0.1) is 0 Å². The van der Waals surface area contributed by atoms with Crippen molar-refractivity contribution in [3.63, 3.8) is 0 Å². The van der Waals surface area contributed by atoms with Crippen molar-refractivity contribution >= 4 is 23.4 Å². The highest BCUT2D eigenvalue weighted by Crippen LogP contribution is 2.32. The predicted octanol–water partition coefficient (Wildman–Crippen LogP) is 5.04. The van der Waals surface area contributed by atoms with E-state index in [4.69, 9.17) is 9.73 Å². The molecule has 1 aliphatic rings. The Bertz CT molecular complexity index is 1880. The Hall–Kier alpha value is -4.88. The molecule has 3 aromatic carbocycles. The van der Waals surface area contributed by atoms with Gasteiger partial charge < -0.3 is 4.74 Å². The number of aromatic nitrogens is 2. The van der Waals surface area contributed by atoms with Crippen molar-refractivity contribution in [2.45, 2.75) is 19.6 Å². The first-order chi connectivity index (χ1) is 19.6. The minimum atomic E-state index is -0.677. The summed E-state index contributed by atoms with van der Waals surface area (Å²) in [6.45, 7) is 1.92. The molecule has 0 saturated heterocycles. The highest BCUT2D eigenvalue weighted by Gasteiger charge is 2.33. The molecule has 1 atom stereocenters. The van der Waals surface area contributed by atoms with E-state index in [9.17, 15) is 9.59 Å². The highest BCUT2D eigenvalue weighted by atomic mass is 32.1. The maximum atomic E-state index is 13.8. The van der Waals surface area contributed by atoms with Crippen LogP contribution in [0.25, 0.3) is 17.2 Å². The molecule has 3 heterocycles. The molecule has 1 unspecified atom stereocenters. The summed E-state index contributed by atoms with van der Waals surface area (Å²) in [6, 6.07) is 30.6. The van der Waals surface area contributed by atoms with Crippen molar-refractivity contribution in [1.82, 2.24) is 9.55 Å². The molecule has 0 fully saturated rings. The number of hydrogen-bond acceptors (Lipinski definition) is 6. The van der Waals surface area contributed by atoms with Crippen molar-refractivity contribution in [1.29, 1.82) is 0 Å². The summed E-state index contributed by atoms with van der Waals surface area (Å²) in [5.41, 5.74) is 5.36. The zero-order valence-electron chi connectivity index (χ0n) is 21.7. The number of carbonyl (C=O) groups excluding carboxylic acids is 1. The van der Waals surface area contributed by atoms with E-state index in [2.05, 4.69) is 4.98 Å². The number of rotatable bonds is 6. The number of benzene rings is 3. The lowest BCUT2D eigenvalue weighted by Gasteiger charge is -2.25. The number of thiazole rings is 1. The van der Waals surface area contributed by atoms with Crippen molar-refractivity contribution in [3.8, 4) is 11.1 Å². The van der Waals surface area contributed by atoms with Gasteiger partial charge in [0.05, 0.1) is 21.8 Å². The number of esters is 1. The van der Waals surface area contributed by atoms with Crippen LogP contribution in [0.2, 0.25) is 0 Å². The number of allylic oxidation sites excluding steroid dienone is 1. The van der Waals surface area contributed by atoms with Gasteiger partial charge in [-0.15, -0.1) is 0 Å². The van der Waals surface area contributed by atoms with Gasteiger partial charge in [-0.2, -0.15) is 0 Å². The first-order valence-electron chi connectivity index (χ1n) is 12.9. The quantitative estimate of drug-likeness (QED) is 0.281. The third-order valence-electron chi connectivity index (χ3n) is 6.79. The Morgan fingerprint density at radius 1 is 0.900 bits per heavy atom. The van der Waals surface area contributed by atoms with Crippen molar-refractivity contribution in [2.75, 3.05) is 0 Å². The van der Waals surface area contributed by atoms with E-state index in [1.807, 2.05) is 103 Å². The van der Waals surface area contributed by atoms with Crippen LogP contribution in [0.3, 0.4) is 0 Å². The van der Waals surface area contributed by atoms with Gasteiger partial charge in [0.15, 0.2) is 4.80 Å². The van der Waals surface area contributed by atoms with Crippen LogP contribution in [0.1, 0.15) is 29.7 Å². The SMILES string of the molecule is CC1=C(C(=O)OCc2ccccc2)C(c2ccc(-c3ccccc3)cc2)n2c(s/c(=C\c3ccncc3)c2=O)=N1. The Morgan fingerprint density at radius 3 is 2.25 bits per heavy atom. The van der Waals surface area contributed by atoms with Crippen molar-refractivity contribution in [2.24, 2.45) is 4.99 Å². The number of hydrogen-bond donors (Lipinski definition) is 0. The number of nitrogens with zero attached hydrogens (tertiary/aromatic N) is 3. The lowest BCUT2D eigenvalue weighted by Crippen LogP contribution is -2.39. The van der Waals surface area contributed by atoms with Crippen LogP contribution < -0.4 is 14.9 Å². The molecule has 0 saturated carbocycles. The summed E-state index contributed by atoms with van der Waals surface area (Å²) in [4.78, 5) is 36.7. The minimum absolute atomic E-state index is 0.128. The van der Waals surface area contributed by atoms with E-state index in [1.54, 1.807) is 23.9 Å². The fourth-order valence-electron chi connectivity index (χ4n) is 4.80. The normalized spacial score (nSPS) is 14.9. The van der Waals surface area contributed by atoms with Crippen LogP contribution in [0.5, 0.6) is 0 Å². The molecule has 6 rings (SSSR count). The van der Waals surface area contributed by atoms with E-state index in [1.165, 1.54) is 11.3 Å². The Labute approximate surface area is 234 Å². The topological polar surface area (TPSA) is 73.6 Å². The second-order valence-corrected chi connectivity index (χ2v) is 10.4. The van der Waals surface area contributed by atoms with Gasteiger partial charge in [0.25, 0.3) is 5.56 Å². The van der Waals surface area contributed by atoms with Crippen LogP contribution in [-0.4, -0.2) is 15.5 Å². The van der Waals surface area contributed by atoms with Gasteiger partial charge in [0.2, 0.25) is 0 Å². The maximum Gasteiger partial charge on any atom is 0.338 e. The molecule has 0 radical (unpaired) electrons. The molecule has 6 nitrogen and oxygen atoms in total. The summed E-state index contributed by atoms with van der Waals surface area (Å²) in [5, 5.41) is 0. The zero-order valence-corrected chi connectivity index (χ0v) is 22.5. The van der Waals surface area contributed by atoms with Gasteiger partial charge in [-0.1, -0.05) is 96.3 Å². The first kappa shape index (κ1) is 25.4. The van der Waals surface area contributed by atoms with Gasteiger partial charge in [-0.25, -0.2) is 9.79 Å². The second kappa shape index (κ2) is 11.1. The van der Waals surface area contributed by atoms with Crippen LogP contribution >= 0.6 is 11.3 Å². The monoisotopic (exact) mass is 543 g/mol. The van der Waals surface area contributed by atoms with Crippen LogP contribution in [0.15, 0.2) is 131 Å². The molecular weight excluding hydrogens is 518 g/mol. The average Bonchev–Trinajstić information content (AvgIpc) is 3.30. The largest absolute Gasteiger partial charge is 0.457 e. The molecule has 5 aromatic rings. The lowest BCUT2D eigenvalue weighted by atomic mass is 9.94. The Balaban J connectivity index is 1.45. The van der Waals surface area contributed by atoms with Crippen molar-refractivity contribution < 1.29 is 9.53 Å². The lowest BCUT2D eigenvalue weighted by molar-refractivity contribution is -0.140. The van der Waals surface area contributed by atoms with Gasteiger partial charge >= 0.3 is 5.97 Å². The standard InChI is InChI=1S/C33H25N3O3S/c1-22-29(32(38)39-21-24-8-4-2-5-9-24)30(27-14-12-26(13-15-27)25-10-6-3-7-11-25)36-31(37)28(40-33(36)35-22)20-23-16-18-34-19-17-23/h2-20,30H,21H2,1H3/b28-20-. The molecule has 40 heavy (non-hydrogen) atoms. The smallest absolute Gasteiger partial charge is 0.338 e. The molecule has 2 aromatic heterocycles. The number of carbonyl (C=O) groups is 1. The van der Waals surface area contributed by atoms with Crippen LogP contribution in [0.4, 0.5) is 0 Å². The van der Waals surface area contributed by atoms with E-state index >= 15 is 0 Å².